The lowest BCUT2D eigenvalue weighted by molar-refractivity contribution is 0.912. The average molecular weight is 341 g/mol. The molecule has 25 heavy (non-hydrogen) atoms. The lowest BCUT2D eigenvalue weighted by Gasteiger charge is -2.04. The molecular formula is C25H40. The summed E-state index contributed by atoms with van der Waals surface area (Å²) in [4.78, 5) is 0. The van der Waals surface area contributed by atoms with Crippen LogP contribution in [0.2, 0.25) is 0 Å². The highest BCUT2D eigenvalue weighted by Crippen LogP contribution is 2.12. The van der Waals surface area contributed by atoms with Crippen LogP contribution >= 0.6 is 0 Å². The lowest BCUT2D eigenvalue weighted by atomic mass is 10.0. The van der Waals surface area contributed by atoms with E-state index in [0.717, 1.165) is 5.57 Å². The summed E-state index contributed by atoms with van der Waals surface area (Å²) >= 11 is 0. The second kappa shape index (κ2) is 15.7. The minimum absolute atomic E-state index is 1.13. The third-order valence-corrected chi connectivity index (χ3v) is 3.56. The van der Waals surface area contributed by atoms with E-state index in [0.29, 0.717) is 0 Å². The lowest BCUT2D eigenvalue weighted by Crippen LogP contribution is -1.88. The molecule has 140 valence electrons. The van der Waals surface area contributed by atoms with Gasteiger partial charge >= 0.3 is 0 Å². The molecule has 0 amide bonds. The van der Waals surface area contributed by atoms with E-state index in [2.05, 4.69) is 76.7 Å². The average Bonchev–Trinajstić information content (AvgIpc) is 2.62. The maximum Gasteiger partial charge on any atom is -0.0233 e. The van der Waals surface area contributed by atoms with Crippen LogP contribution < -0.4 is 0 Å². The molecule has 0 aliphatic rings. The van der Waals surface area contributed by atoms with Gasteiger partial charge in [0.2, 0.25) is 0 Å². The molecule has 0 unspecified atom stereocenters. The molecule has 0 saturated carbocycles. The Morgan fingerprint density at radius 1 is 0.800 bits per heavy atom. The smallest absolute Gasteiger partial charge is 0.0233 e. The molecule has 0 spiro atoms. The molecule has 0 fully saturated rings. The molecule has 2 aromatic rings. The first-order chi connectivity index (χ1) is 11.9. The van der Waals surface area contributed by atoms with E-state index in [4.69, 9.17) is 0 Å². The van der Waals surface area contributed by atoms with Crippen LogP contribution in [0.3, 0.4) is 0 Å². The molecule has 0 nitrogen and oxygen atoms in total. The van der Waals surface area contributed by atoms with Gasteiger partial charge in [-0.05, 0) is 50.8 Å². The fourth-order valence-electron chi connectivity index (χ4n) is 2.23. The summed E-state index contributed by atoms with van der Waals surface area (Å²) < 4.78 is 0. The third kappa shape index (κ3) is 11.4. The Labute approximate surface area is 158 Å². The van der Waals surface area contributed by atoms with Crippen LogP contribution in [0.4, 0.5) is 0 Å². The first-order valence-corrected chi connectivity index (χ1v) is 9.72. The van der Waals surface area contributed by atoms with Crippen LogP contribution in [-0.4, -0.2) is 0 Å². The van der Waals surface area contributed by atoms with Crippen molar-refractivity contribution in [2.24, 2.45) is 0 Å². The molecule has 0 heteroatoms. The number of rotatable bonds is 3. The van der Waals surface area contributed by atoms with Gasteiger partial charge < -0.3 is 0 Å². The molecule has 0 aromatic heterocycles. The second-order valence-electron chi connectivity index (χ2n) is 5.83. The van der Waals surface area contributed by atoms with Gasteiger partial charge in [-0.2, -0.15) is 0 Å². The van der Waals surface area contributed by atoms with Gasteiger partial charge in [0, 0.05) is 0 Å². The molecule has 0 N–H and O–H groups in total. The Morgan fingerprint density at radius 2 is 1.28 bits per heavy atom. The highest BCUT2D eigenvalue weighted by molar-refractivity contribution is 5.61. The Hall–Kier alpha value is -1.82. The van der Waals surface area contributed by atoms with Crippen molar-refractivity contribution in [1.29, 1.82) is 0 Å². The van der Waals surface area contributed by atoms with Crippen LogP contribution in [0.15, 0.2) is 49.0 Å². The van der Waals surface area contributed by atoms with Gasteiger partial charge in [-0.15, -0.1) is 0 Å². The molecular weight excluding hydrogens is 300 g/mol. The number of benzene rings is 2. The summed E-state index contributed by atoms with van der Waals surface area (Å²) in [7, 11) is 0. The van der Waals surface area contributed by atoms with Gasteiger partial charge in [0.15, 0.2) is 0 Å². The van der Waals surface area contributed by atoms with Crippen molar-refractivity contribution in [3.8, 4) is 0 Å². The number of allylic oxidation sites excluding steroid dienone is 1. The zero-order valence-corrected chi connectivity index (χ0v) is 18.2. The maximum absolute atomic E-state index is 3.86. The fraction of sp³-hybridized carbons (Fsp3) is 0.440. The summed E-state index contributed by atoms with van der Waals surface area (Å²) in [6.07, 6.45) is 2.45. The van der Waals surface area contributed by atoms with Gasteiger partial charge in [-0.25, -0.2) is 0 Å². The van der Waals surface area contributed by atoms with Crippen LogP contribution in [-0.2, 0) is 6.42 Å². The fourth-order valence-corrected chi connectivity index (χ4v) is 2.23. The minimum Gasteiger partial charge on any atom is -0.0955 e. The maximum atomic E-state index is 3.86. The zero-order chi connectivity index (χ0) is 19.8. The summed E-state index contributed by atoms with van der Waals surface area (Å²) in [5.41, 5.74) is 7.95. The van der Waals surface area contributed by atoms with Crippen LogP contribution in [0.25, 0.3) is 5.57 Å². The molecule has 2 aromatic carbocycles. The summed E-state index contributed by atoms with van der Waals surface area (Å²) in [6, 6.07) is 15.1. The van der Waals surface area contributed by atoms with Crippen molar-refractivity contribution >= 4 is 5.57 Å². The van der Waals surface area contributed by atoms with Gasteiger partial charge in [-0.1, -0.05) is 107 Å². The van der Waals surface area contributed by atoms with Crippen molar-refractivity contribution in [2.75, 3.05) is 0 Å². The van der Waals surface area contributed by atoms with Gasteiger partial charge in [0.25, 0.3) is 0 Å². The summed E-state index contributed by atoms with van der Waals surface area (Å²) in [5, 5.41) is 0. The van der Waals surface area contributed by atoms with Crippen molar-refractivity contribution in [2.45, 2.75) is 75.2 Å². The number of hydrogen-bond acceptors (Lipinski definition) is 0. The summed E-state index contributed by atoms with van der Waals surface area (Å²) in [6.45, 7) is 22.5. The van der Waals surface area contributed by atoms with E-state index >= 15 is 0 Å². The first kappa shape index (κ1) is 25.4. The largest absolute Gasteiger partial charge is 0.0955 e. The van der Waals surface area contributed by atoms with E-state index in [1.807, 2.05) is 34.6 Å². The predicted octanol–water partition coefficient (Wildman–Crippen LogP) is 8.34. The Kier molecular flexibility index (Phi) is 16.0. The number of hydrogen-bond donors (Lipinski definition) is 0. The first-order valence-electron chi connectivity index (χ1n) is 9.72. The molecule has 0 saturated heterocycles. The topological polar surface area (TPSA) is 0 Å². The minimum atomic E-state index is 1.13. The van der Waals surface area contributed by atoms with Gasteiger partial charge in [0.1, 0.15) is 0 Å². The molecule has 0 bridgehead atoms. The van der Waals surface area contributed by atoms with E-state index in [9.17, 15) is 0 Å². The van der Waals surface area contributed by atoms with E-state index < -0.39 is 0 Å². The molecule has 0 aliphatic heterocycles. The highest BCUT2D eigenvalue weighted by atomic mass is 14.0. The molecule has 0 atom stereocenters. The standard InChI is InChI=1S/C11H16.C10H12.2C2H6/c1-4-5-11-7-6-9(2)8-10(11)3;1-8(2)10-6-4-9(3)5-7-10;2*1-2/h6-8H,4-5H2,1-3H3;4-7H,1H2,2-3H3;2*1-2H3. The second-order valence-corrected chi connectivity index (χ2v) is 5.83. The monoisotopic (exact) mass is 340 g/mol. The van der Waals surface area contributed by atoms with Crippen LogP contribution in [0.5, 0.6) is 0 Å². The number of aryl methyl sites for hydroxylation is 4. The SMILES string of the molecule is C=C(C)c1ccc(C)cc1.CC.CC.CCCc1ccc(C)cc1C. The van der Waals surface area contributed by atoms with E-state index in [1.165, 1.54) is 40.7 Å². The van der Waals surface area contributed by atoms with Crippen molar-refractivity contribution in [3.63, 3.8) is 0 Å². The zero-order valence-electron chi connectivity index (χ0n) is 18.2. The predicted molar refractivity (Wildman–Crippen MR) is 118 cm³/mol. The molecule has 0 radical (unpaired) electrons. The van der Waals surface area contributed by atoms with Crippen molar-refractivity contribution < 1.29 is 0 Å². The normalized spacial score (nSPS) is 8.68. The van der Waals surface area contributed by atoms with Crippen molar-refractivity contribution in [1.82, 2.24) is 0 Å². The summed E-state index contributed by atoms with van der Waals surface area (Å²) in [5.74, 6) is 0. The third-order valence-electron chi connectivity index (χ3n) is 3.56. The quantitative estimate of drug-likeness (QED) is 0.526. The van der Waals surface area contributed by atoms with E-state index in [-0.39, 0.29) is 0 Å². The molecule has 2 rings (SSSR count). The molecule has 0 aliphatic carbocycles. The Balaban J connectivity index is 0. The van der Waals surface area contributed by atoms with Crippen molar-refractivity contribution in [3.05, 3.63) is 76.9 Å². The van der Waals surface area contributed by atoms with Crippen LogP contribution in [0, 0.1) is 20.8 Å². The van der Waals surface area contributed by atoms with Gasteiger partial charge in [-0.3, -0.25) is 0 Å². The highest BCUT2D eigenvalue weighted by Gasteiger charge is 1.95. The Morgan fingerprint density at radius 3 is 1.68 bits per heavy atom. The van der Waals surface area contributed by atoms with E-state index in [1.54, 1.807) is 0 Å². The Bertz CT molecular complexity index is 573. The molecule has 0 heterocycles. The van der Waals surface area contributed by atoms with Crippen LogP contribution in [0.1, 0.15) is 75.8 Å². The van der Waals surface area contributed by atoms with Gasteiger partial charge in [0.05, 0.1) is 0 Å².